The standard InChI is InChI=1S/C15H23ClN2O2/c1-10(2)11(3)8-12-9-17-18(15(19)14(12)16)13-6-4-5-7-20-13/h9-11,13H,4-8H2,1-3H3. The van der Waals surface area contributed by atoms with Crippen molar-refractivity contribution < 1.29 is 4.74 Å². The highest BCUT2D eigenvalue weighted by Crippen LogP contribution is 2.23. The lowest BCUT2D eigenvalue weighted by Gasteiger charge is -2.24. The first kappa shape index (κ1) is 15.5. The monoisotopic (exact) mass is 298 g/mol. The van der Waals surface area contributed by atoms with E-state index in [2.05, 4.69) is 25.9 Å². The van der Waals surface area contributed by atoms with Crippen molar-refractivity contribution in [3.8, 4) is 0 Å². The minimum absolute atomic E-state index is 0.230. The molecule has 1 saturated heterocycles. The second kappa shape index (κ2) is 6.72. The quantitative estimate of drug-likeness (QED) is 0.855. The minimum atomic E-state index is -0.259. The third-order valence-corrected chi connectivity index (χ3v) is 4.53. The predicted octanol–water partition coefficient (Wildman–Crippen LogP) is 3.43. The first-order chi connectivity index (χ1) is 9.50. The van der Waals surface area contributed by atoms with E-state index in [1.165, 1.54) is 4.68 Å². The van der Waals surface area contributed by atoms with Crippen molar-refractivity contribution in [1.29, 1.82) is 0 Å². The van der Waals surface area contributed by atoms with E-state index in [4.69, 9.17) is 16.3 Å². The molecule has 1 fully saturated rings. The Labute approximate surface area is 125 Å². The van der Waals surface area contributed by atoms with Crippen molar-refractivity contribution >= 4 is 11.6 Å². The fourth-order valence-corrected chi connectivity index (χ4v) is 2.54. The SMILES string of the molecule is CC(C)C(C)Cc1cnn(C2CCCCO2)c(=O)c1Cl. The smallest absolute Gasteiger partial charge is 0.288 e. The van der Waals surface area contributed by atoms with Crippen LogP contribution in [0.15, 0.2) is 11.0 Å². The molecule has 2 unspecified atom stereocenters. The molecule has 0 radical (unpaired) electrons. The van der Waals surface area contributed by atoms with Crippen LogP contribution in [0, 0.1) is 11.8 Å². The van der Waals surface area contributed by atoms with Gasteiger partial charge in [0.05, 0.1) is 6.20 Å². The van der Waals surface area contributed by atoms with Crippen LogP contribution in [0.5, 0.6) is 0 Å². The normalized spacial score (nSPS) is 21.1. The van der Waals surface area contributed by atoms with Crippen LogP contribution in [0.3, 0.4) is 0 Å². The molecule has 1 aliphatic rings. The maximum atomic E-state index is 12.3. The molecule has 1 aromatic heterocycles. The number of ether oxygens (including phenoxy) is 1. The van der Waals surface area contributed by atoms with Crippen LogP contribution in [0.25, 0.3) is 0 Å². The number of nitrogens with zero attached hydrogens (tertiary/aromatic N) is 2. The molecule has 0 amide bonds. The lowest BCUT2D eigenvalue weighted by molar-refractivity contribution is -0.0425. The number of hydrogen-bond donors (Lipinski definition) is 0. The molecule has 2 rings (SSSR count). The van der Waals surface area contributed by atoms with E-state index in [1.807, 2.05) is 0 Å². The van der Waals surface area contributed by atoms with E-state index in [9.17, 15) is 4.79 Å². The summed E-state index contributed by atoms with van der Waals surface area (Å²) in [5, 5.41) is 4.56. The zero-order valence-corrected chi connectivity index (χ0v) is 13.2. The fraction of sp³-hybridized carbons (Fsp3) is 0.733. The van der Waals surface area contributed by atoms with Crippen molar-refractivity contribution in [2.45, 2.75) is 52.7 Å². The van der Waals surface area contributed by atoms with Crippen molar-refractivity contribution in [2.24, 2.45) is 11.8 Å². The van der Waals surface area contributed by atoms with Gasteiger partial charge in [0.1, 0.15) is 5.02 Å². The molecule has 0 aliphatic carbocycles. The number of halogens is 1. The van der Waals surface area contributed by atoms with Gasteiger partial charge in [0.15, 0.2) is 6.23 Å². The molecule has 0 saturated carbocycles. The van der Waals surface area contributed by atoms with Gasteiger partial charge in [-0.2, -0.15) is 9.78 Å². The van der Waals surface area contributed by atoms with Crippen molar-refractivity contribution in [1.82, 2.24) is 9.78 Å². The van der Waals surface area contributed by atoms with Crippen molar-refractivity contribution in [3.05, 3.63) is 27.1 Å². The lowest BCUT2D eigenvalue weighted by atomic mass is 9.92. The van der Waals surface area contributed by atoms with Gasteiger partial charge in [-0.1, -0.05) is 32.4 Å². The second-order valence-electron chi connectivity index (χ2n) is 5.98. The Hall–Kier alpha value is -0.870. The van der Waals surface area contributed by atoms with Crippen molar-refractivity contribution in [3.63, 3.8) is 0 Å². The fourth-order valence-electron chi connectivity index (χ4n) is 2.33. The van der Waals surface area contributed by atoms with Gasteiger partial charge < -0.3 is 4.74 Å². The molecule has 5 heteroatoms. The first-order valence-corrected chi connectivity index (χ1v) is 7.76. The topological polar surface area (TPSA) is 44.1 Å². The lowest BCUT2D eigenvalue weighted by Crippen LogP contribution is -2.32. The molecule has 2 atom stereocenters. The molecule has 2 heterocycles. The molecular weight excluding hydrogens is 276 g/mol. The Morgan fingerprint density at radius 3 is 2.80 bits per heavy atom. The van der Waals surface area contributed by atoms with Gasteiger partial charge in [0, 0.05) is 6.61 Å². The van der Waals surface area contributed by atoms with Gasteiger partial charge in [-0.05, 0) is 43.1 Å². The summed E-state index contributed by atoms with van der Waals surface area (Å²) < 4.78 is 6.99. The molecular formula is C15H23ClN2O2. The molecule has 1 aromatic rings. The summed E-state index contributed by atoms with van der Waals surface area (Å²) >= 11 is 6.24. The van der Waals surface area contributed by atoms with E-state index in [-0.39, 0.29) is 11.8 Å². The number of rotatable bonds is 4. The highest BCUT2D eigenvalue weighted by atomic mass is 35.5. The molecule has 20 heavy (non-hydrogen) atoms. The average Bonchev–Trinajstić information content (AvgIpc) is 2.45. The van der Waals surface area contributed by atoms with Crippen LogP contribution in [-0.2, 0) is 11.2 Å². The van der Waals surface area contributed by atoms with Crippen LogP contribution < -0.4 is 5.56 Å². The first-order valence-electron chi connectivity index (χ1n) is 7.38. The predicted molar refractivity (Wildman–Crippen MR) is 80.1 cm³/mol. The Morgan fingerprint density at radius 2 is 2.20 bits per heavy atom. The summed E-state index contributed by atoms with van der Waals surface area (Å²) in [5.74, 6) is 1.02. The van der Waals surface area contributed by atoms with E-state index in [0.29, 0.717) is 23.5 Å². The summed E-state index contributed by atoms with van der Waals surface area (Å²) in [6.07, 6.45) is 5.17. The van der Waals surface area contributed by atoms with Gasteiger partial charge in [-0.3, -0.25) is 4.79 Å². The number of hydrogen-bond acceptors (Lipinski definition) is 3. The average molecular weight is 299 g/mol. The zero-order valence-electron chi connectivity index (χ0n) is 12.4. The molecule has 0 bridgehead atoms. The highest BCUT2D eigenvalue weighted by molar-refractivity contribution is 6.31. The van der Waals surface area contributed by atoms with Gasteiger partial charge in [0.2, 0.25) is 0 Å². The van der Waals surface area contributed by atoms with E-state index in [1.54, 1.807) is 6.20 Å². The molecule has 4 nitrogen and oxygen atoms in total. The van der Waals surface area contributed by atoms with Crippen LogP contribution in [0.2, 0.25) is 5.02 Å². The maximum Gasteiger partial charge on any atom is 0.288 e. The van der Waals surface area contributed by atoms with Gasteiger partial charge in [-0.25, -0.2) is 0 Å². The van der Waals surface area contributed by atoms with Crippen LogP contribution in [0.4, 0.5) is 0 Å². The Morgan fingerprint density at radius 1 is 1.45 bits per heavy atom. The Kier molecular flexibility index (Phi) is 5.22. The molecule has 0 spiro atoms. The Bertz CT molecular complexity index is 507. The highest BCUT2D eigenvalue weighted by Gasteiger charge is 2.21. The van der Waals surface area contributed by atoms with E-state index in [0.717, 1.165) is 31.2 Å². The molecule has 0 aromatic carbocycles. The van der Waals surface area contributed by atoms with Crippen molar-refractivity contribution in [2.75, 3.05) is 6.61 Å². The molecule has 112 valence electrons. The summed E-state index contributed by atoms with van der Waals surface area (Å²) in [6, 6.07) is 0. The molecule has 0 N–H and O–H groups in total. The van der Waals surface area contributed by atoms with Crippen LogP contribution in [-0.4, -0.2) is 16.4 Å². The molecule has 1 aliphatic heterocycles. The largest absolute Gasteiger partial charge is 0.356 e. The van der Waals surface area contributed by atoms with Crippen LogP contribution in [0.1, 0.15) is 51.8 Å². The Balaban J connectivity index is 2.22. The third-order valence-electron chi connectivity index (χ3n) is 4.12. The zero-order chi connectivity index (χ0) is 14.7. The number of aromatic nitrogens is 2. The second-order valence-corrected chi connectivity index (χ2v) is 6.36. The van der Waals surface area contributed by atoms with Gasteiger partial charge in [0.25, 0.3) is 5.56 Å². The third kappa shape index (κ3) is 3.41. The summed E-state index contributed by atoms with van der Waals surface area (Å²) in [4.78, 5) is 12.3. The summed E-state index contributed by atoms with van der Waals surface area (Å²) in [7, 11) is 0. The summed E-state index contributed by atoms with van der Waals surface area (Å²) in [6.45, 7) is 7.19. The summed E-state index contributed by atoms with van der Waals surface area (Å²) in [5.41, 5.74) is 0.608. The van der Waals surface area contributed by atoms with Gasteiger partial charge >= 0.3 is 0 Å². The maximum absolute atomic E-state index is 12.3. The minimum Gasteiger partial charge on any atom is -0.356 e. The van der Waals surface area contributed by atoms with E-state index < -0.39 is 0 Å². The van der Waals surface area contributed by atoms with Crippen LogP contribution >= 0.6 is 11.6 Å². The van der Waals surface area contributed by atoms with E-state index >= 15 is 0 Å². The van der Waals surface area contributed by atoms with Gasteiger partial charge in [-0.15, -0.1) is 0 Å².